The molecule has 2 aliphatic rings. The number of ether oxygens (including phenoxy) is 7. The molecule has 7 heteroatoms. The molecule has 2 fully saturated rings. The van der Waals surface area contributed by atoms with Gasteiger partial charge in [0.1, 0.15) is 24.4 Å². The number of hydrogen-bond donors (Lipinski definition) is 0. The van der Waals surface area contributed by atoms with Gasteiger partial charge in [-0.05, 0) is 22.3 Å². The molecule has 4 aromatic rings. The number of rotatable bonds is 14. The van der Waals surface area contributed by atoms with E-state index in [0.29, 0.717) is 26.4 Å². The average Bonchev–Trinajstić information content (AvgIpc) is 3.49. The molecule has 4 aromatic carbocycles. The van der Waals surface area contributed by atoms with Gasteiger partial charge in [0.25, 0.3) is 5.97 Å². The lowest BCUT2D eigenvalue weighted by Gasteiger charge is -2.36. The fraction of sp³-hybridized carbons (Fsp3) is 0.351. The van der Waals surface area contributed by atoms with Crippen molar-refractivity contribution < 1.29 is 33.2 Å². The van der Waals surface area contributed by atoms with E-state index in [2.05, 4.69) is 0 Å². The minimum Gasteiger partial charge on any atom is -0.374 e. The molecule has 6 rings (SSSR count). The molecule has 1 saturated carbocycles. The fourth-order valence-electron chi connectivity index (χ4n) is 6.03. The number of hydrogen-bond acceptors (Lipinski definition) is 7. The maximum absolute atomic E-state index is 6.78. The molecule has 1 aliphatic heterocycles. The number of fused-ring (bicyclic) bond motifs is 1. The second kappa shape index (κ2) is 14.1. The Bertz CT molecular complexity index is 1420. The summed E-state index contributed by atoms with van der Waals surface area (Å²) in [6, 6.07) is 40.3. The Kier molecular flexibility index (Phi) is 9.84. The normalized spacial score (nSPS) is 27.8. The molecule has 0 amide bonds. The smallest absolute Gasteiger partial charge is 0.280 e. The van der Waals surface area contributed by atoms with E-state index in [1.807, 2.05) is 121 Å². The molecule has 1 heterocycles. The van der Waals surface area contributed by atoms with Crippen LogP contribution in [0.25, 0.3) is 0 Å². The largest absolute Gasteiger partial charge is 0.374 e. The summed E-state index contributed by atoms with van der Waals surface area (Å²) in [5, 5.41) is 0. The first-order chi connectivity index (χ1) is 21.6. The van der Waals surface area contributed by atoms with Crippen LogP contribution in [0.15, 0.2) is 121 Å². The highest BCUT2D eigenvalue weighted by molar-refractivity contribution is 5.21. The summed E-state index contributed by atoms with van der Waals surface area (Å²) in [5.74, 6) is -1.33. The molecule has 1 unspecified atom stereocenters. The quantitative estimate of drug-likeness (QED) is 0.166. The van der Waals surface area contributed by atoms with Gasteiger partial charge in [0, 0.05) is 14.0 Å². The van der Waals surface area contributed by atoms with E-state index in [1.54, 1.807) is 14.0 Å². The molecule has 0 N–H and O–H groups in total. The van der Waals surface area contributed by atoms with Crippen molar-refractivity contribution >= 4 is 0 Å². The standard InChI is InChI=1S/C37H40O7/c1-36(38-2)43-35-33(41-25-30-19-11-5-12-20-30)32(40-24-29-17-9-4-10-18-29)34(42-26-31-21-13-6-14-22-31)37(35,44-36)27-39-23-28-15-7-3-8-16-28/h3-22,32-35H,23-27H2,1-2H3/t32-,33-,34+,35+,36?,37-/m1/s1. The second-order valence-electron chi connectivity index (χ2n) is 11.4. The lowest BCUT2D eigenvalue weighted by Crippen LogP contribution is -2.53. The van der Waals surface area contributed by atoms with E-state index in [1.165, 1.54) is 0 Å². The highest BCUT2D eigenvalue weighted by Crippen LogP contribution is 2.51. The molecule has 230 valence electrons. The summed E-state index contributed by atoms with van der Waals surface area (Å²) in [4.78, 5) is 0. The van der Waals surface area contributed by atoms with Crippen molar-refractivity contribution in [2.45, 2.75) is 69.3 Å². The van der Waals surface area contributed by atoms with Gasteiger partial charge in [0.2, 0.25) is 0 Å². The first-order valence-corrected chi connectivity index (χ1v) is 15.1. The van der Waals surface area contributed by atoms with Crippen molar-refractivity contribution in [3.05, 3.63) is 144 Å². The molecule has 0 aromatic heterocycles. The van der Waals surface area contributed by atoms with Gasteiger partial charge in [0.15, 0.2) is 5.60 Å². The van der Waals surface area contributed by atoms with E-state index >= 15 is 0 Å². The topological polar surface area (TPSA) is 64.6 Å². The van der Waals surface area contributed by atoms with Crippen LogP contribution in [0.5, 0.6) is 0 Å². The molecule has 0 bridgehead atoms. The molecular weight excluding hydrogens is 556 g/mol. The summed E-state index contributed by atoms with van der Waals surface area (Å²) in [7, 11) is 1.57. The molecule has 7 nitrogen and oxygen atoms in total. The van der Waals surface area contributed by atoms with Gasteiger partial charge < -0.3 is 33.2 Å². The Hall–Kier alpha value is -3.40. The SMILES string of the molecule is COC1(C)O[C@H]2[C@H](OCc3ccccc3)[C@@H](OCc3ccccc3)[C@H](OCc3ccccc3)[C@@]2(COCc2ccccc2)O1. The molecule has 1 saturated heterocycles. The van der Waals surface area contributed by atoms with E-state index in [4.69, 9.17) is 33.2 Å². The van der Waals surface area contributed by atoms with Crippen LogP contribution < -0.4 is 0 Å². The number of methoxy groups -OCH3 is 1. The van der Waals surface area contributed by atoms with Crippen LogP contribution in [-0.2, 0) is 59.6 Å². The Morgan fingerprint density at radius 1 is 0.568 bits per heavy atom. The third-order valence-electron chi connectivity index (χ3n) is 8.25. The van der Waals surface area contributed by atoms with Gasteiger partial charge in [-0.3, -0.25) is 0 Å². The highest BCUT2D eigenvalue weighted by atomic mass is 16.9. The minimum absolute atomic E-state index is 0.182. The van der Waals surface area contributed by atoms with Crippen molar-refractivity contribution in [2.75, 3.05) is 13.7 Å². The second-order valence-corrected chi connectivity index (χ2v) is 11.4. The molecular formula is C37H40O7. The monoisotopic (exact) mass is 596 g/mol. The molecule has 6 atom stereocenters. The van der Waals surface area contributed by atoms with Crippen molar-refractivity contribution in [3.63, 3.8) is 0 Å². The van der Waals surface area contributed by atoms with Gasteiger partial charge in [0.05, 0.1) is 33.0 Å². The van der Waals surface area contributed by atoms with Crippen molar-refractivity contribution in [3.8, 4) is 0 Å². The van der Waals surface area contributed by atoms with Gasteiger partial charge in [-0.2, -0.15) is 0 Å². The zero-order valence-electron chi connectivity index (χ0n) is 25.2. The van der Waals surface area contributed by atoms with E-state index in [-0.39, 0.29) is 6.61 Å². The van der Waals surface area contributed by atoms with Gasteiger partial charge in [-0.15, -0.1) is 0 Å². The summed E-state index contributed by atoms with van der Waals surface area (Å²) >= 11 is 0. The average molecular weight is 597 g/mol. The molecule has 44 heavy (non-hydrogen) atoms. The Labute approximate surface area is 259 Å². The summed E-state index contributed by atoms with van der Waals surface area (Å²) in [5.41, 5.74) is 3.10. The first kappa shape index (κ1) is 30.6. The third kappa shape index (κ3) is 6.95. The molecule has 0 spiro atoms. The molecule has 1 aliphatic carbocycles. The first-order valence-electron chi connectivity index (χ1n) is 15.1. The van der Waals surface area contributed by atoms with Gasteiger partial charge in [-0.1, -0.05) is 121 Å². The summed E-state index contributed by atoms with van der Waals surface area (Å²) in [6.07, 6.45) is -2.29. The van der Waals surface area contributed by atoms with Crippen LogP contribution in [0, 0.1) is 0 Å². The van der Waals surface area contributed by atoms with E-state index in [0.717, 1.165) is 22.3 Å². The zero-order chi connectivity index (χ0) is 30.2. The van der Waals surface area contributed by atoms with Crippen LogP contribution in [0.1, 0.15) is 29.2 Å². The van der Waals surface area contributed by atoms with E-state index < -0.39 is 36.0 Å². The summed E-state index contributed by atoms with van der Waals surface area (Å²) in [6.45, 7) is 3.44. The summed E-state index contributed by atoms with van der Waals surface area (Å²) < 4.78 is 45.7. The van der Waals surface area contributed by atoms with Crippen LogP contribution in [0.2, 0.25) is 0 Å². The Morgan fingerprint density at radius 3 is 1.48 bits per heavy atom. The van der Waals surface area contributed by atoms with Crippen LogP contribution >= 0.6 is 0 Å². The minimum atomic E-state index is -1.33. The van der Waals surface area contributed by atoms with Crippen molar-refractivity contribution in [1.82, 2.24) is 0 Å². The zero-order valence-corrected chi connectivity index (χ0v) is 25.2. The van der Waals surface area contributed by atoms with Crippen LogP contribution in [0.3, 0.4) is 0 Å². The third-order valence-corrected chi connectivity index (χ3v) is 8.25. The lowest BCUT2D eigenvalue weighted by molar-refractivity contribution is -0.348. The highest BCUT2D eigenvalue weighted by Gasteiger charge is 2.72. The van der Waals surface area contributed by atoms with Gasteiger partial charge in [-0.25, -0.2) is 0 Å². The predicted octanol–water partition coefficient (Wildman–Crippen LogP) is 6.45. The predicted molar refractivity (Wildman–Crippen MR) is 165 cm³/mol. The van der Waals surface area contributed by atoms with Gasteiger partial charge >= 0.3 is 0 Å². The van der Waals surface area contributed by atoms with Crippen LogP contribution in [-0.4, -0.2) is 49.7 Å². The Morgan fingerprint density at radius 2 is 1.00 bits per heavy atom. The Balaban J connectivity index is 1.35. The van der Waals surface area contributed by atoms with Crippen molar-refractivity contribution in [2.24, 2.45) is 0 Å². The van der Waals surface area contributed by atoms with E-state index in [9.17, 15) is 0 Å². The van der Waals surface area contributed by atoms with Crippen LogP contribution in [0.4, 0.5) is 0 Å². The number of benzene rings is 4. The fourth-order valence-corrected chi connectivity index (χ4v) is 6.03. The maximum Gasteiger partial charge on any atom is 0.280 e. The lowest BCUT2D eigenvalue weighted by atomic mass is 9.97. The maximum atomic E-state index is 6.78. The molecule has 0 radical (unpaired) electrons. The van der Waals surface area contributed by atoms with Crippen molar-refractivity contribution in [1.29, 1.82) is 0 Å².